The summed E-state index contributed by atoms with van der Waals surface area (Å²) in [5.41, 5.74) is 4.37. The van der Waals surface area contributed by atoms with Gasteiger partial charge < -0.3 is 10.1 Å². The van der Waals surface area contributed by atoms with Gasteiger partial charge in [0, 0.05) is 12.1 Å². The van der Waals surface area contributed by atoms with Crippen molar-refractivity contribution in [1.29, 1.82) is 0 Å². The van der Waals surface area contributed by atoms with E-state index in [2.05, 4.69) is 44.3 Å². The van der Waals surface area contributed by atoms with Crippen molar-refractivity contribution in [1.82, 2.24) is 5.32 Å². The second-order valence-electron chi connectivity index (χ2n) is 5.47. The number of hydrogen-bond acceptors (Lipinski definition) is 2. The minimum atomic E-state index is 0.147. The van der Waals surface area contributed by atoms with Gasteiger partial charge in [-0.3, -0.25) is 0 Å². The van der Waals surface area contributed by atoms with Crippen molar-refractivity contribution in [3.8, 4) is 0 Å². The number of morpholine rings is 1. The normalized spacial score (nSPS) is 24.9. The highest BCUT2D eigenvalue weighted by atomic mass is 16.5. The smallest absolute Gasteiger partial charge is 0.0646 e. The second-order valence-corrected chi connectivity index (χ2v) is 5.47. The fourth-order valence-electron chi connectivity index (χ4n) is 2.41. The number of nitrogens with one attached hydrogen (secondary N) is 1. The molecule has 0 amide bonds. The van der Waals surface area contributed by atoms with Gasteiger partial charge in [0.05, 0.1) is 13.2 Å². The highest BCUT2D eigenvalue weighted by Crippen LogP contribution is 2.19. The van der Waals surface area contributed by atoms with Crippen LogP contribution < -0.4 is 5.32 Å². The van der Waals surface area contributed by atoms with Crippen LogP contribution in [-0.4, -0.2) is 25.3 Å². The minimum absolute atomic E-state index is 0.147. The molecule has 1 unspecified atom stereocenters. The maximum atomic E-state index is 5.56. The lowest BCUT2D eigenvalue weighted by molar-refractivity contribution is 0.0318. The largest absolute Gasteiger partial charge is 0.378 e. The monoisotopic (exact) mass is 233 g/mol. The molecule has 1 aromatic carbocycles. The SMILES string of the molecule is Cc1ccc(C)c(CCC2(C)COCCN2)c1. The molecule has 2 heteroatoms. The van der Waals surface area contributed by atoms with E-state index in [9.17, 15) is 0 Å². The van der Waals surface area contributed by atoms with Gasteiger partial charge in [-0.25, -0.2) is 0 Å². The lowest BCUT2D eigenvalue weighted by atomic mass is 9.91. The van der Waals surface area contributed by atoms with Gasteiger partial charge in [0.15, 0.2) is 0 Å². The Morgan fingerprint density at radius 3 is 2.88 bits per heavy atom. The summed E-state index contributed by atoms with van der Waals surface area (Å²) in [6.45, 7) is 9.27. The minimum Gasteiger partial charge on any atom is -0.378 e. The van der Waals surface area contributed by atoms with Crippen molar-refractivity contribution >= 4 is 0 Å². The molecule has 0 aromatic heterocycles. The van der Waals surface area contributed by atoms with Crippen LogP contribution in [-0.2, 0) is 11.2 Å². The van der Waals surface area contributed by atoms with Gasteiger partial charge in [-0.15, -0.1) is 0 Å². The van der Waals surface area contributed by atoms with Crippen LogP contribution in [0, 0.1) is 13.8 Å². The zero-order valence-corrected chi connectivity index (χ0v) is 11.2. The predicted molar refractivity (Wildman–Crippen MR) is 71.5 cm³/mol. The molecule has 1 N–H and O–H groups in total. The van der Waals surface area contributed by atoms with Crippen molar-refractivity contribution in [2.75, 3.05) is 19.8 Å². The van der Waals surface area contributed by atoms with E-state index in [1.54, 1.807) is 0 Å². The average Bonchev–Trinajstić information content (AvgIpc) is 2.31. The fourth-order valence-corrected chi connectivity index (χ4v) is 2.41. The molecular weight excluding hydrogens is 210 g/mol. The Labute approximate surface area is 104 Å². The summed E-state index contributed by atoms with van der Waals surface area (Å²) in [7, 11) is 0. The first-order valence-electron chi connectivity index (χ1n) is 6.48. The summed E-state index contributed by atoms with van der Waals surface area (Å²) in [4.78, 5) is 0. The van der Waals surface area contributed by atoms with E-state index < -0.39 is 0 Å². The van der Waals surface area contributed by atoms with Gasteiger partial charge in [0.25, 0.3) is 0 Å². The molecule has 0 saturated carbocycles. The number of ether oxygens (including phenoxy) is 1. The average molecular weight is 233 g/mol. The summed E-state index contributed by atoms with van der Waals surface area (Å²) in [6.07, 6.45) is 2.26. The van der Waals surface area contributed by atoms with Crippen molar-refractivity contribution < 1.29 is 4.74 Å². The Morgan fingerprint density at radius 2 is 2.18 bits per heavy atom. The molecule has 1 saturated heterocycles. The molecule has 0 aliphatic carbocycles. The highest BCUT2D eigenvalue weighted by Gasteiger charge is 2.26. The third-order valence-electron chi connectivity index (χ3n) is 3.67. The second kappa shape index (κ2) is 5.19. The van der Waals surface area contributed by atoms with Gasteiger partial charge in [-0.2, -0.15) is 0 Å². The molecule has 0 spiro atoms. The Balaban J connectivity index is 1.99. The van der Waals surface area contributed by atoms with Crippen molar-refractivity contribution in [3.63, 3.8) is 0 Å². The Morgan fingerprint density at radius 1 is 1.35 bits per heavy atom. The van der Waals surface area contributed by atoms with Crippen molar-refractivity contribution in [2.45, 2.75) is 39.2 Å². The zero-order chi connectivity index (χ0) is 12.3. The van der Waals surface area contributed by atoms with E-state index in [0.29, 0.717) is 0 Å². The summed E-state index contributed by atoms with van der Waals surface area (Å²) >= 11 is 0. The molecular formula is C15H23NO. The maximum absolute atomic E-state index is 5.56. The topological polar surface area (TPSA) is 21.3 Å². The summed E-state index contributed by atoms with van der Waals surface area (Å²) in [6, 6.07) is 6.71. The molecule has 94 valence electrons. The van der Waals surface area contributed by atoms with E-state index in [1.807, 2.05) is 0 Å². The molecule has 1 aliphatic heterocycles. The van der Waals surface area contributed by atoms with E-state index in [4.69, 9.17) is 4.74 Å². The lowest BCUT2D eigenvalue weighted by Gasteiger charge is -2.35. The molecule has 1 fully saturated rings. The van der Waals surface area contributed by atoms with Crippen molar-refractivity contribution in [3.05, 3.63) is 34.9 Å². The number of aryl methyl sites for hydroxylation is 3. The van der Waals surface area contributed by atoms with Crippen LogP contribution in [0.4, 0.5) is 0 Å². The number of benzene rings is 1. The molecule has 1 aromatic rings. The molecule has 0 bridgehead atoms. The Hall–Kier alpha value is -0.860. The zero-order valence-electron chi connectivity index (χ0n) is 11.2. The van der Waals surface area contributed by atoms with Crippen molar-refractivity contribution in [2.24, 2.45) is 0 Å². The first kappa shape index (κ1) is 12.6. The molecule has 17 heavy (non-hydrogen) atoms. The van der Waals surface area contributed by atoms with E-state index in [-0.39, 0.29) is 5.54 Å². The van der Waals surface area contributed by atoms with Crippen LogP contribution in [0.5, 0.6) is 0 Å². The molecule has 1 heterocycles. The standard InChI is InChI=1S/C15H23NO/c1-12-4-5-13(2)14(10-12)6-7-15(3)11-17-9-8-16-15/h4-5,10,16H,6-9,11H2,1-3H3. The van der Waals surface area contributed by atoms with Gasteiger partial charge in [0.2, 0.25) is 0 Å². The summed E-state index contributed by atoms with van der Waals surface area (Å²) < 4.78 is 5.56. The van der Waals surface area contributed by atoms with Crippen LogP contribution in [0.1, 0.15) is 30.0 Å². The van der Waals surface area contributed by atoms with Gasteiger partial charge in [0.1, 0.15) is 0 Å². The first-order chi connectivity index (χ1) is 8.09. The maximum Gasteiger partial charge on any atom is 0.0646 e. The fraction of sp³-hybridized carbons (Fsp3) is 0.600. The van der Waals surface area contributed by atoms with Crippen LogP contribution in [0.25, 0.3) is 0 Å². The van der Waals surface area contributed by atoms with Crippen LogP contribution in [0.15, 0.2) is 18.2 Å². The third kappa shape index (κ3) is 3.30. The van der Waals surface area contributed by atoms with Crippen LogP contribution >= 0.6 is 0 Å². The lowest BCUT2D eigenvalue weighted by Crippen LogP contribution is -2.52. The Bertz CT molecular complexity index is 381. The summed E-state index contributed by atoms with van der Waals surface area (Å²) in [5, 5.41) is 3.57. The first-order valence-corrected chi connectivity index (χ1v) is 6.48. The van der Waals surface area contributed by atoms with Crippen LogP contribution in [0.2, 0.25) is 0 Å². The Kier molecular flexibility index (Phi) is 3.85. The third-order valence-corrected chi connectivity index (χ3v) is 3.67. The van der Waals surface area contributed by atoms with Crippen LogP contribution in [0.3, 0.4) is 0 Å². The van der Waals surface area contributed by atoms with Gasteiger partial charge >= 0.3 is 0 Å². The molecule has 0 radical (unpaired) electrons. The quantitative estimate of drug-likeness (QED) is 0.866. The van der Waals surface area contributed by atoms with E-state index in [1.165, 1.54) is 16.7 Å². The predicted octanol–water partition coefficient (Wildman–Crippen LogP) is 2.61. The van der Waals surface area contributed by atoms with Gasteiger partial charge in [-0.05, 0) is 44.7 Å². The van der Waals surface area contributed by atoms with Gasteiger partial charge in [-0.1, -0.05) is 23.8 Å². The summed E-state index contributed by atoms with van der Waals surface area (Å²) in [5.74, 6) is 0. The molecule has 1 atom stereocenters. The van der Waals surface area contributed by atoms with E-state index in [0.717, 1.165) is 32.6 Å². The number of rotatable bonds is 3. The molecule has 1 aliphatic rings. The highest BCUT2D eigenvalue weighted by molar-refractivity contribution is 5.30. The number of hydrogen-bond donors (Lipinski definition) is 1. The molecule has 2 rings (SSSR count). The molecule has 2 nitrogen and oxygen atoms in total. The van der Waals surface area contributed by atoms with E-state index >= 15 is 0 Å².